The highest BCUT2D eigenvalue weighted by Crippen LogP contribution is 2.37. The van der Waals surface area contributed by atoms with E-state index in [-0.39, 0.29) is 12.1 Å². The molecule has 2 aromatic carbocycles. The molecule has 0 aromatic heterocycles. The summed E-state index contributed by atoms with van der Waals surface area (Å²) in [5, 5.41) is 10.2. The van der Waals surface area contributed by atoms with Crippen LogP contribution in [0.1, 0.15) is 30.0 Å². The minimum Gasteiger partial charge on any atom is -0.393 e. The second-order valence-corrected chi connectivity index (χ2v) is 8.72. The van der Waals surface area contributed by atoms with Crippen molar-refractivity contribution in [3.8, 4) is 0 Å². The molecule has 1 N–H and O–H groups in total. The molecule has 1 unspecified atom stereocenters. The van der Waals surface area contributed by atoms with Crippen LogP contribution in [0.25, 0.3) is 0 Å². The van der Waals surface area contributed by atoms with E-state index < -0.39 is 17.8 Å². The van der Waals surface area contributed by atoms with Crippen molar-refractivity contribution in [2.75, 3.05) is 37.6 Å². The molecule has 2 heterocycles. The van der Waals surface area contributed by atoms with E-state index in [1.54, 1.807) is 40.1 Å². The van der Waals surface area contributed by atoms with Gasteiger partial charge in [0.1, 0.15) is 0 Å². The number of rotatable bonds is 5. The van der Waals surface area contributed by atoms with Crippen molar-refractivity contribution in [2.45, 2.75) is 31.2 Å². The normalized spacial score (nSPS) is 20.9. The van der Waals surface area contributed by atoms with Gasteiger partial charge >= 0.3 is 12.2 Å². The van der Waals surface area contributed by atoms with Crippen LogP contribution in [0, 0.1) is 0 Å². The van der Waals surface area contributed by atoms with Crippen molar-refractivity contribution in [2.24, 2.45) is 0 Å². The van der Waals surface area contributed by atoms with Crippen molar-refractivity contribution in [3.05, 3.63) is 64.7 Å². The number of carbonyl (C=O) groups excluding carboxylic acids is 1. The molecule has 4 rings (SSSR count). The third-order valence-electron chi connectivity index (χ3n) is 6.13. The molecule has 0 bridgehead atoms. The van der Waals surface area contributed by atoms with Gasteiger partial charge in [0.15, 0.2) is 0 Å². The van der Waals surface area contributed by atoms with Crippen molar-refractivity contribution in [1.29, 1.82) is 0 Å². The first-order chi connectivity index (χ1) is 15.2. The zero-order valence-corrected chi connectivity index (χ0v) is 18.2. The van der Waals surface area contributed by atoms with Crippen LogP contribution >= 0.6 is 11.6 Å². The summed E-state index contributed by atoms with van der Waals surface area (Å²) in [6.07, 6.45) is -3.32. The van der Waals surface area contributed by atoms with Crippen LogP contribution in [0.2, 0.25) is 5.02 Å². The molecule has 32 heavy (non-hydrogen) atoms. The number of hydrogen-bond donors (Lipinski definition) is 1. The molecule has 0 saturated carbocycles. The smallest absolute Gasteiger partial charge is 0.393 e. The number of anilines is 1. The molecule has 0 radical (unpaired) electrons. The first-order valence-electron chi connectivity index (χ1n) is 10.6. The number of alkyl halides is 3. The molecule has 2 aliphatic heterocycles. The van der Waals surface area contributed by atoms with Gasteiger partial charge in [-0.25, -0.2) is 4.79 Å². The van der Waals surface area contributed by atoms with Crippen LogP contribution in [-0.2, 0) is 6.18 Å². The van der Waals surface area contributed by atoms with E-state index in [0.29, 0.717) is 48.7 Å². The molecule has 0 spiro atoms. The van der Waals surface area contributed by atoms with Gasteiger partial charge in [0, 0.05) is 43.4 Å². The van der Waals surface area contributed by atoms with Crippen molar-refractivity contribution in [3.63, 3.8) is 0 Å². The number of nitrogens with zero attached hydrogens (tertiary/aromatic N) is 3. The lowest BCUT2D eigenvalue weighted by Crippen LogP contribution is -2.42. The molecule has 2 saturated heterocycles. The number of likely N-dealkylation sites (tertiary alicyclic amines) is 1. The minimum absolute atomic E-state index is 0.244. The van der Waals surface area contributed by atoms with Crippen LogP contribution in [0.15, 0.2) is 48.5 Å². The third-order valence-corrected chi connectivity index (χ3v) is 6.38. The van der Waals surface area contributed by atoms with E-state index in [1.165, 1.54) is 6.07 Å². The molecule has 2 aliphatic rings. The van der Waals surface area contributed by atoms with Gasteiger partial charge in [-0.3, -0.25) is 4.90 Å². The lowest BCUT2D eigenvalue weighted by atomic mass is 10.0. The van der Waals surface area contributed by atoms with Gasteiger partial charge in [-0.2, -0.15) is 13.2 Å². The molecule has 5 nitrogen and oxygen atoms in total. The average Bonchev–Trinajstić information content (AvgIpc) is 3.10. The summed E-state index contributed by atoms with van der Waals surface area (Å²) in [5.41, 5.74) is 0.293. The lowest BCUT2D eigenvalue weighted by molar-refractivity contribution is -0.137. The molecule has 172 valence electrons. The zero-order chi connectivity index (χ0) is 22.9. The Bertz CT molecular complexity index is 946. The summed E-state index contributed by atoms with van der Waals surface area (Å²) in [6, 6.07) is 11.1. The molecular weight excluding hydrogens is 443 g/mol. The Kier molecular flexibility index (Phi) is 6.65. The van der Waals surface area contributed by atoms with Gasteiger partial charge in [0.25, 0.3) is 0 Å². The molecule has 9 heteroatoms. The van der Waals surface area contributed by atoms with Gasteiger partial charge in [-0.1, -0.05) is 23.7 Å². The zero-order valence-electron chi connectivity index (χ0n) is 17.4. The topological polar surface area (TPSA) is 47.0 Å². The monoisotopic (exact) mass is 467 g/mol. The minimum atomic E-state index is -4.46. The Morgan fingerprint density at radius 1 is 1.03 bits per heavy atom. The molecule has 2 aromatic rings. The van der Waals surface area contributed by atoms with E-state index in [1.807, 2.05) is 0 Å². The van der Waals surface area contributed by atoms with E-state index >= 15 is 0 Å². The number of benzene rings is 2. The maximum atomic E-state index is 13.3. The number of halogens is 4. The molecule has 2 amide bonds. The Hall–Kier alpha value is -2.29. The van der Waals surface area contributed by atoms with E-state index in [2.05, 4.69) is 4.90 Å². The van der Waals surface area contributed by atoms with Crippen molar-refractivity contribution in [1.82, 2.24) is 9.80 Å². The second kappa shape index (κ2) is 9.29. The standard InChI is InChI=1S/C23H25ClF3N3O2/c24-18-4-6-19(7-5-18)30-21(16-2-1-3-17(14-16)23(25,26)27)15-29(22(30)32)13-12-28-10-8-20(31)9-11-28/h1-7,14,20-21,31H,8-13,15H2. The Labute approximate surface area is 190 Å². The number of urea groups is 1. The summed E-state index contributed by atoms with van der Waals surface area (Å²) in [6.45, 7) is 2.94. The van der Waals surface area contributed by atoms with Gasteiger partial charge in [0.05, 0.1) is 17.7 Å². The summed E-state index contributed by atoms with van der Waals surface area (Å²) in [5.74, 6) is 0. The highest BCUT2D eigenvalue weighted by atomic mass is 35.5. The lowest BCUT2D eigenvalue weighted by Gasteiger charge is -2.30. The molecule has 2 fully saturated rings. The fraction of sp³-hybridized carbons (Fsp3) is 0.435. The predicted molar refractivity (Wildman–Crippen MR) is 117 cm³/mol. The van der Waals surface area contributed by atoms with E-state index in [0.717, 1.165) is 25.2 Å². The molecule has 0 aliphatic carbocycles. The number of aliphatic hydroxyl groups is 1. The SMILES string of the molecule is O=C1N(CCN2CCC(O)CC2)CC(c2cccc(C(F)(F)F)c2)N1c1ccc(Cl)cc1. The van der Waals surface area contributed by atoms with Crippen molar-refractivity contribution >= 4 is 23.3 Å². The summed E-state index contributed by atoms with van der Waals surface area (Å²) < 4.78 is 39.9. The Morgan fingerprint density at radius 3 is 2.38 bits per heavy atom. The van der Waals surface area contributed by atoms with E-state index in [4.69, 9.17) is 11.6 Å². The van der Waals surface area contributed by atoms with Gasteiger partial charge in [-0.15, -0.1) is 0 Å². The quantitative estimate of drug-likeness (QED) is 0.687. The van der Waals surface area contributed by atoms with Gasteiger partial charge < -0.3 is 14.9 Å². The van der Waals surface area contributed by atoms with Gasteiger partial charge in [-0.05, 0) is 54.8 Å². The summed E-state index contributed by atoms with van der Waals surface area (Å²) >= 11 is 5.99. The van der Waals surface area contributed by atoms with E-state index in [9.17, 15) is 23.1 Å². The average molecular weight is 468 g/mol. The fourth-order valence-corrected chi connectivity index (χ4v) is 4.44. The number of piperidine rings is 1. The van der Waals surface area contributed by atoms with Crippen LogP contribution in [-0.4, -0.2) is 59.8 Å². The number of aliphatic hydroxyl groups excluding tert-OH is 1. The fourth-order valence-electron chi connectivity index (χ4n) is 4.31. The van der Waals surface area contributed by atoms with Crippen molar-refractivity contribution < 1.29 is 23.1 Å². The van der Waals surface area contributed by atoms with Crippen LogP contribution in [0.3, 0.4) is 0 Å². The third kappa shape index (κ3) is 5.03. The highest BCUT2D eigenvalue weighted by molar-refractivity contribution is 6.30. The summed E-state index contributed by atoms with van der Waals surface area (Å²) in [4.78, 5) is 18.8. The first kappa shape index (κ1) is 22.9. The Balaban J connectivity index is 1.58. The van der Waals surface area contributed by atoms with Gasteiger partial charge in [0.2, 0.25) is 0 Å². The number of carbonyl (C=O) groups is 1. The number of amides is 2. The van der Waals surface area contributed by atoms with Crippen LogP contribution < -0.4 is 4.90 Å². The molecular formula is C23H25ClF3N3O2. The second-order valence-electron chi connectivity index (χ2n) is 8.29. The maximum Gasteiger partial charge on any atom is 0.416 e. The van der Waals surface area contributed by atoms with Crippen LogP contribution in [0.5, 0.6) is 0 Å². The predicted octanol–water partition coefficient (Wildman–Crippen LogP) is 4.80. The van der Waals surface area contributed by atoms with Crippen LogP contribution in [0.4, 0.5) is 23.7 Å². The molecule has 1 atom stereocenters. The maximum absolute atomic E-state index is 13.3. The largest absolute Gasteiger partial charge is 0.416 e. The number of hydrogen-bond acceptors (Lipinski definition) is 3. The first-order valence-corrected chi connectivity index (χ1v) is 11.0. The highest BCUT2D eigenvalue weighted by Gasteiger charge is 2.40. The Morgan fingerprint density at radius 2 is 1.72 bits per heavy atom. The summed E-state index contributed by atoms with van der Waals surface area (Å²) in [7, 11) is 0.